The molecule has 0 saturated heterocycles. The van der Waals surface area contributed by atoms with Crippen LogP contribution < -0.4 is 0 Å². The molecule has 1 atom stereocenters. The minimum Gasteiger partial charge on any atom is -0.250 e. The molecule has 0 amide bonds. The first-order chi connectivity index (χ1) is 9.96. The first-order valence-electron chi connectivity index (χ1n) is 8.06. The Morgan fingerprint density at radius 3 is 2.19 bits per heavy atom. The molecular formula is C16H27BrClIN2. The molecule has 0 bridgehead atoms. The lowest BCUT2D eigenvalue weighted by molar-refractivity contribution is 0.224. The maximum Gasteiger partial charge on any atom is 0.143 e. The highest BCUT2D eigenvalue weighted by molar-refractivity contribution is 14.1. The molecule has 0 aromatic carbocycles. The van der Waals surface area contributed by atoms with Gasteiger partial charge in [-0.2, -0.15) is 5.10 Å². The monoisotopic (exact) mass is 488 g/mol. The third-order valence-electron chi connectivity index (χ3n) is 4.14. The molecule has 0 aliphatic rings. The van der Waals surface area contributed by atoms with E-state index < -0.39 is 0 Å². The zero-order valence-corrected chi connectivity index (χ0v) is 17.9. The predicted molar refractivity (Wildman–Crippen MR) is 104 cm³/mol. The first-order valence-corrected chi connectivity index (χ1v) is 10.3. The van der Waals surface area contributed by atoms with Crippen molar-refractivity contribution in [2.24, 2.45) is 0 Å². The van der Waals surface area contributed by atoms with Gasteiger partial charge in [0.2, 0.25) is 0 Å². The largest absolute Gasteiger partial charge is 0.250 e. The summed E-state index contributed by atoms with van der Waals surface area (Å²) in [6, 6.07) is 0. The first kappa shape index (κ1) is 19.8. The molecule has 0 radical (unpaired) electrons. The Kier molecular flexibility index (Phi) is 9.18. The van der Waals surface area contributed by atoms with Crippen molar-refractivity contribution in [2.45, 2.75) is 84.1 Å². The average molecular weight is 490 g/mol. The van der Waals surface area contributed by atoms with Crippen molar-refractivity contribution < 1.29 is 0 Å². The molecule has 1 heterocycles. The highest BCUT2D eigenvalue weighted by atomic mass is 127. The smallest absolute Gasteiger partial charge is 0.143 e. The molecule has 0 fully saturated rings. The summed E-state index contributed by atoms with van der Waals surface area (Å²) in [6.07, 6.45) is 11.3. The Balaban J connectivity index is 2.79. The van der Waals surface area contributed by atoms with E-state index in [2.05, 4.69) is 69.1 Å². The Hall–Kier alpha value is 0.710. The van der Waals surface area contributed by atoms with Gasteiger partial charge in [-0.05, 0) is 58.3 Å². The second kappa shape index (κ2) is 9.76. The average Bonchev–Trinajstić information content (AvgIpc) is 2.73. The molecule has 5 heteroatoms. The lowest BCUT2D eigenvalue weighted by Gasteiger charge is -2.31. The zero-order chi connectivity index (χ0) is 15.9. The van der Waals surface area contributed by atoms with Crippen LogP contribution in [0.4, 0.5) is 0 Å². The van der Waals surface area contributed by atoms with Crippen LogP contribution in [0.15, 0.2) is 4.60 Å². The van der Waals surface area contributed by atoms with E-state index in [1.54, 1.807) is 0 Å². The quantitative estimate of drug-likeness (QED) is 0.252. The summed E-state index contributed by atoms with van der Waals surface area (Å²) in [5.74, 6) is 0. The van der Waals surface area contributed by atoms with E-state index in [1.165, 1.54) is 51.4 Å². The summed E-state index contributed by atoms with van der Waals surface area (Å²) in [7, 11) is 0. The molecule has 122 valence electrons. The van der Waals surface area contributed by atoms with Gasteiger partial charge < -0.3 is 0 Å². The summed E-state index contributed by atoms with van der Waals surface area (Å²) in [5.41, 5.74) is 0.0636. The van der Waals surface area contributed by atoms with E-state index in [1.807, 2.05) is 0 Å². The van der Waals surface area contributed by atoms with Crippen LogP contribution in [0.5, 0.6) is 0 Å². The second-order valence-corrected chi connectivity index (χ2v) is 8.22. The van der Waals surface area contributed by atoms with Gasteiger partial charge in [-0.3, -0.25) is 4.68 Å². The Bertz CT molecular complexity index is 436. The number of halogens is 3. The molecule has 0 spiro atoms. The Labute approximate surface area is 156 Å². The zero-order valence-electron chi connectivity index (χ0n) is 13.4. The van der Waals surface area contributed by atoms with E-state index in [-0.39, 0.29) is 5.54 Å². The third kappa shape index (κ3) is 5.69. The lowest BCUT2D eigenvalue weighted by Crippen LogP contribution is -2.31. The van der Waals surface area contributed by atoms with Gasteiger partial charge in [0.1, 0.15) is 13.3 Å². The molecule has 2 nitrogen and oxygen atoms in total. The summed E-state index contributed by atoms with van der Waals surface area (Å²) in [5, 5.41) is 5.41. The fourth-order valence-electron chi connectivity index (χ4n) is 2.72. The highest BCUT2D eigenvalue weighted by Crippen LogP contribution is 2.37. The number of hydrogen-bond donors (Lipinski definition) is 0. The molecule has 0 N–H and O–H groups in total. The summed E-state index contributed by atoms with van der Waals surface area (Å²) in [6.45, 7) is 6.83. The van der Waals surface area contributed by atoms with Gasteiger partial charge in [0.05, 0.1) is 5.54 Å². The minimum atomic E-state index is 0.0636. The number of unbranched alkanes of at least 4 members (excludes halogenated alkanes) is 5. The molecule has 1 rings (SSSR count). The molecule has 1 aromatic heterocycles. The van der Waals surface area contributed by atoms with E-state index in [4.69, 9.17) is 11.6 Å². The highest BCUT2D eigenvalue weighted by Gasteiger charge is 2.30. The van der Waals surface area contributed by atoms with Crippen LogP contribution in [-0.4, -0.2) is 9.78 Å². The van der Waals surface area contributed by atoms with Gasteiger partial charge in [-0.15, -0.1) is 0 Å². The van der Waals surface area contributed by atoms with Crippen molar-refractivity contribution >= 4 is 50.1 Å². The van der Waals surface area contributed by atoms with E-state index in [9.17, 15) is 0 Å². The molecule has 21 heavy (non-hydrogen) atoms. The van der Waals surface area contributed by atoms with Crippen molar-refractivity contribution in [3.8, 4) is 0 Å². The van der Waals surface area contributed by atoms with Gasteiger partial charge in [-0.1, -0.05) is 70.4 Å². The predicted octanol–water partition coefficient (Wildman–Crippen LogP) is 7.17. The van der Waals surface area contributed by atoms with Crippen LogP contribution in [0.1, 0.15) is 78.6 Å². The van der Waals surface area contributed by atoms with E-state index >= 15 is 0 Å². The fourth-order valence-corrected chi connectivity index (χ4v) is 4.37. The number of aromatic nitrogens is 2. The van der Waals surface area contributed by atoms with E-state index in [0.717, 1.165) is 19.7 Å². The van der Waals surface area contributed by atoms with Crippen LogP contribution >= 0.6 is 50.1 Å². The van der Waals surface area contributed by atoms with E-state index in [0.29, 0.717) is 0 Å². The number of rotatable bonds is 10. The van der Waals surface area contributed by atoms with Crippen molar-refractivity contribution in [3.05, 3.63) is 13.3 Å². The summed E-state index contributed by atoms with van der Waals surface area (Å²) >= 11 is 12.1. The normalized spacial score (nSPS) is 14.4. The number of hydrogen-bond acceptors (Lipinski definition) is 1. The van der Waals surface area contributed by atoms with Gasteiger partial charge >= 0.3 is 0 Å². The van der Waals surface area contributed by atoms with Crippen LogP contribution in [0.3, 0.4) is 0 Å². The SMILES string of the molecule is CCCCCCCC(C)(CCCC)n1nc(I)c(Cl)c1Br. The van der Waals surface area contributed by atoms with Gasteiger partial charge in [0.15, 0.2) is 0 Å². The maximum atomic E-state index is 6.30. The van der Waals surface area contributed by atoms with Crippen LogP contribution in [0.25, 0.3) is 0 Å². The molecule has 1 unspecified atom stereocenters. The lowest BCUT2D eigenvalue weighted by atomic mass is 9.88. The van der Waals surface area contributed by atoms with Crippen LogP contribution in [0, 0.1) is 3.70 Å². The molecule has 1 aromatic rings. The third-order valence-corrected chi connectivity index (χ3v) is 6.53. The molecule has 0 aliphatic carbocycles. The standard InChI is InChI=1S/C16H27BrClIN2/c1-4-6-8-9-10-12-16(3,11-7-5-2)21-14(17)13(18)15(19)20-21/h4-12H2,1-3H3. The summed E-state index contributed by atoms with van der Waals surface area (Å²) < 4.78 is 3.93. The van der Waals surface area contributed by atoms with Gasteiger partial charge in [-0.25, -0.2) is 0 Å². The molecular weight excluding hydrogens is 462 g/mol. The van der Waals surface area contributed by atoms with Crippen molar-refractivity contribution in [3.63, 3.8) is 0 Å². The van der Waals surface area contributed by atoms with Crippen molar-refractivity contribution in [1.82, 2.24) is 9.78 Å². The maximum absolute atomic E-state index is 6.30. The van der Waals surface area contributed by atoms with Gasteiger partial charge in [0, 0.05) is 0 Å². The van der Waals surface area contributed by atoms with Crippen LogP contribution in [0.2, 0.25) is 5.02 Å². The van der Waals surface area contributed by atoms with Crippen molar-refractivity contribution in [1.29, 1.82) is 0 Å². The minimum absolute atomic E-state index is 0.0636. The topological polar surface area (TPSA) is 17.8 Å². The van der Waals surface area contributed by atoms with Gasteiger partial charge in [0.25, 0.3) is 0 Å². The fraction of sp³-hybridized carbons (Fsp3) is 0.812. The second-order valence-electron chi connectivity index (χ2n) is 6.07. The molecule has 0 aliphatic heterocycles. The summed E-state index contributed by atoms with van der Waals surface area (Å²) in [4.78, 5) is 0. The Morgan fingerprint density at radius 2 is 1.67 bits per heavy atom. The number of nitrogens with zero attached hydrogens (tertiary/aromatic N) is 2. The Morgan fingerprint density at radius 1 is 1.10 bits per heavy atom. The van der Waals surface area contributed by atoms with Crippen molar-refractivity contribution in [2.75, 3.05) is 0 Å². The van der Waals surface area contributed by atoms with Crippen LogP contribution in [-0.2, 0) is 5.54 Å². The molecule has 0 saturated carbocycles.